The zero-order valence-electron chi connectivity index (χ0n) is 19.9. The van der Waals surface area contributed by atoms with Gasteiger partial charge in [-0.3, -0.25) is 0 Å². The van der Waals surface area contributed by atoms with Gasteiger partial charge in [0, 0.05) is 5.41 Å². The summed E-state index contributed by atoms with van der Waals surface area (Å²) in [5.41, 5.74) is 0.0732. The van der Waals surface area contributed by atoms with Crippen molar-refractivity contribution in [1.82, 2.24) is 0 Å². The van der Waals surface area contributed by atoms with Crippen LogP contribution in [0.2, 0.25) is 0 Å². The number of rotatable bonds is 19. The fraction of sp³-hybridized carbons (Fsp3) is 1.00. The van der Waals surface area contributed by atoms with Crippen molar-refractivity contribution in [3.05, 3.63) is 0 Å². The van der Waals surface area contributed by atoms with E-state index in [9.17, 15) is 0 Å². The zero-order chi connectivity index (χ0) is 22.9. The van der Waals surface area contributed by atoms with E-state index < -0.39 is 0 Å². The molecule has 0 bridgehead atoms. The maximum absolute atomic E-state index is 5.71. The second-order valence-electron chi connectivity index (χ2n) is 10.0. The van der Waals surface area contributed by atoms with Crippen molar-refractivity contribution in [1.29, 1.82) is 0 Å². The highest BCUT2D eigenvalue weighted by atomic mass is 16.6. The topological polar surface area (TPSA) is 109 Å². The molecule has 0 amide bonds. The number of hydrogen-bond donors (Lipinski definition) is 0. The largest absolute Gasteiger partial charge is 0.378 e. The summed E-state index contributed by atoms with van der Waals surface area (Å²) in [5.74, 6) is 0. The molecule has 5 heterocycles. The fourth-order valence-electron chi connectivity index (χ4n) is 2.85. The van der Waals surface area contributed by atoms with Crippen LogP contribution in [0.25, 0.3) is 0 Å². The third-order valence-corrected chi connectivity index (χ3v) is 5.34. The van der Waals surface area contributed by atoms with Gasteiger partial charge in [-0.25, -0.2) is 0 Å². The Morgan fingerprint density at radius 1 is 0.576 bits per heavy atom. The van der Waals surface area contributed by atoms with Crippen molar-refractivity contribution in [2.45, 2.75) is 50.5 Å². The van der Waals surface area contributed by atoms with Gasteiger partial charge in [-0.2, -0.15) is 0 Å². The number of epoxide rings is 5. The second kappa shape index (κ2) is 13.1. The third-order valence-electron chi connectivity index (χ3n) is 5.34. The predicted molar refractivity (Wildman–Crippen MR) is 115 cm³/mol. The average molecular weight is 477 g/mol. The smallest absolute Gasteiger partial charge is 0.104 e. The molecule has 5 saturated heterocycles. The molecule has 0 spiro atoms. The first-order chi connectivity index (χ1) is 16.1. The van der Waals surface area contributed by atoms with Crippen LogP contribution in [-0.4, -0.2) is 129 Å². The normalized spacial score (nSPS) is 32.0. The van der Waals surface area contributed by atoms with E-state index in [4.69, 9.17) is 47.4 Å². The molecule has 5 atom stereocenters. The first kappa shape index (κ1) is 25.7. The van der Waals surface area contributed by atoms with Crippen LogP contribution in [0.1, 0.15) is 13.8 Å². The molecule has 0 saturated carbocycles. The van der Waals surface area contributed by atoms with E-state index in [0.29, 0.717) is 45.2 Å². The maximum atomic E-state index is 5.71. The molecule has 5 rings (SSSR count). The van der Waals surface area contributed by atoms with Crippen molar-refractivity contribution >= 4 is 0 Å². The van der Waals surface area contributed by atoms with Gasteiger partial charge < -0.3 is 47.4 Å². The fourth-order valence-corrected chi connectivity index (χ4v) is 2.85. The Kier molecular flexibility index (Phi) is 10.2. The summed E-state index contributed by atoms with van der Waals surface area (Å²) in [6.45, 7) is 14.3. The number of ether oxygens (including phenoxy) is 10. The number of hydrogen-bond acceptors (Lipinski definition) is 10. The SMILES string of the molecule is C(OCC1CO1)C(COCC1CO1)OCC1CO1.CC(C)(COCC1CO1)COCC1CO1. The Balaban J connectivity index is 0.000000160. The summed E-state index contributed by atoms with van der Waals surface area (Å²) in [4.78, 5) is 0. The monoisotopic (exact) mass is 476 g/mol. The summed E-state index contributed by atoms with van der Waals surface area (Å²) in [5, 5.41) is 0. The van der Waals surface area contributed by atoms with E-state index in [1.54, 1.807) is 0 Å². The van der Waals surface area contributed by atoms with Gasteiger partial charge in [0.25, 0.3) is 0 Å². The molecule has 10 nitrogen and oxygen atoms in total. The standard InChI is InChI=1S/C12H20O6.C11H20O4/c1(13-3-10-5-16-10)9(15-7-12-8-18-12)2-14-4-11-6-17-11;1-11(2,7-12-3-9-5-14-9)8-13-4-10-6-15-10/h9-12H,1-8H2;9-10H,3-8H2,1-2H3. The Labute approximate surface area is 196 Å². The van der Waals surface area contributed by atoms with Gasteiger partial charge in [0.05, 0.1) is 92.5 Å². The molecule has 0 aromatic rings. The van der Waals surface area contributed by atoms with Gasteiger partial charge in [-0.15, -0.1) is 0 Å². The minimum atomic E-state index is -0.0355. The molecule has 5 aliphatic rings. The first-order valence-electron chi connectivity index (χ1n) is 12.1. The Hall–Kier alpha value is -0.400. The molecule has 5 unspecified atom stereocenters. The molecule has 0 aromatic heterocycles. The zero-order valence-corrected chi connectivity index (χ0v) is 19.9. The molecule has 192 valence electrons. The lowest BCUT2D eigenvalue weighted by Crippen LogP contribution is -2.28. The van der Waals surface area contributed by atoms with Crippen LogP contribution in [0, 0.1) is 5.41 Å². The van der Waals surface area contributed by atoms with E-state index in [1.807, 2.05) is 0 Å². The van der Waals surface area contributed by atoms with Crippen LogP contribution in [-0.2, 0) is 47.4 Å². The van der Waals surface area contributed by atoms with Gasteiger partial charge in [0.2, 0.25) is 0 Å². The molecular formula is C23H40O10. The second-order valence-corrected chi connectivity index (χ2v) is 10.0. The molecular weight excluding hydrogens is 436 g/mol. The predicted octanol–water partition coefficient (Wildman–Crippen LogP) is 0.445. The third kappa shape index (κ3) is 13.3. The molecule has 10 heteroatoms. The molecule has 5 fully saturated rings. The molecule has 0 aromatic carbocycles. The summed E-state index contributed by atoms with van der Waals surface area (Å²) in [6.07, 6.45) is 1.51. The quantitative estimate of drug-likeness (QED) is 0.244. The lowest BCUT2D eigenvalue weighted by Gasteiger charge is -2.23. The van der Waals surface area contributed by atoms with Gasteiger partial charge in [-0.05, 0) is 0 Å². The molecule has 0 N–H and O–H groups in total. The van der Waals surface area contributed by atoms with Crippen LogP contribution >= 0.6 is 0 Å². The maximum Gasteiger partial charge on any atom is 0.104 e. The van der Waals surface area contributed by atoms with Crippen LogP contribution in [0.15, 0.2) is 0 Å². The van der Waals surface area contributed by atoms with Gasteiger partial charge >= 0.3 is 0 Å². The van der Waals surface area contributed by atoms with Crippen molar-refractivity contribution in [3.63, 3.8) is 0 Å². The Morgan fingerprint density at radius 3 is 1.27 bits per heavy atom. The minimum absolute atomic E-state index is 0.0355. The van der Waals surface area contributed by atoms with Crippen molar-refractivity contribution in [2.75, 3.05) is 92.5 Å². The van der Waals surface area contributed by atoms with E-state index >= 15 is 0 Å². The molecule has 0 aliphatic carbocycles. The van der Waals surface area contributed by atoms with E-state index in [2.05, 4.69) is 13.8 Å². The highest BCUT2D eigenvalue weighted by Crippen LogP contribution is 2.19. The van der Waals surface area contributed by atoms with E-state index in [0.717, 1.165) is 59.5 Å². The molecule has 33 heavy (non-hydrogen) atoms. The summed E-state index contributed by atoms with van der Waals surface area (Å²) in [6, 6.07) is 0. The highest BCUT2D eigenvalue weighted by Gasteiger charge is 2.28. The van der Waals surface area contributed by atoms with Gasteiger partial charge in [0.15, 0.2) is 0 Å². The first-order valence-corrected chi connectivity index (χ1v) is 12.1. The van der Waals surface area contributed by atoms with Crippen molar-refractivity contribution in [3.8, 4) is 0 Å². The molecule has 5 aliphatic heterocycles. The van der Waals surface area contributed by atoms with Gasteiger partial charge in [0.1, 0.15) is 36.6 Å². The summed E-state index contributed by atoms with van der Waals surface area (Å²) in [7, 11) is 0. The summed E-state index contributed by atoms with van der Waals surface area (Å²) < 4.78 is 53.4. The van der Waals surface area contributed by atoms with Crippen molar-refractivity contribution in [2.24, 2.45) is 5.41 Å². The average Bonchev–Trinajstić information content (AvgIpc) is 3.61. The van der Waals surface area contributed by atoms with Crippen LogP contribution in [0.3, 0.4) is 0 Å². The van der Waals surface area contributed by atoms with Crippen molar-refractivity contribution < 1.29 is 47.4 Å². The lowest BCUT2D eigenvalue weighted by molar-refractivity contribution is -0.0661. The highest BCUT2D eigenvalue weighted by molar-refractivity contribution is 4.73. The van der Waals surface area contributed by atoms with Gasteiger partial charge in [-0.1, -0.05) is 13.8 Å². The Morgan fingerprint density at radius 2 is 0.909 bits per heavy atom. The van der Waals surface area contributed by atoms with Crippen LogP contribution < -0.4 is 0 Å². The van der Waals surface area contributed by atoms with E-state index in [-0.39, 0.29) is 29.8 Å². The Bertz CT molecular complexity index is 503. The molecule has 0 radical (unpaired) electrons. The lowest BCUT2D eigenvalue weighted by atomic mass is 9.96. The summed E-state index contributed by atoms with van der Waals surface area (Å²) >= 11 is 0. The van der Waals surface area contributed by atoms with Crippen LogP contribution in [0.4, 0.5) is 0 Å². The minimum Gasteiger partial charge on any atom is -0.378 e. The van der Waals surface area contributed by atoms with Crippen LogP contribution in [0.5, 0.6) is 0 Å². The van der Waals surface area contributed by atoms with E-state index in [1.165, 1.54) is 0 Å².